The maximum absolute atomic E-state index is 5.48. The van der Waals surface area contributed by atoms with Gasteiger partial charge in [0.05, 0.1) is 14.7 Å². The highest BCUT2D eigenvalue weighted by Crippen LogP contribution is 2.16. The predicted molar refractivity (Wildman–Crippen MR) is 91.9 cm³/mol. The number of allylic oxidation sites excluding steroid dienone is 3. The normalized spacial score (nSPS) is 13.2. The summed E-state index contributed by atoms with van der Waals surface area (Å²) in [5.41, 5.74) is 2.57. The molecular formula is C18H28OSi. The highest BCUT2D eigenvalue weighted by atomic mass is 28.3. The van der Waals surface area contributed by atoms with Crippen LogP contribution in [0.2, 0.25) is 19.6 Å². The molecule has 2 radical (unpaired) electrons. The Bertz CT molecular complexity index is 402. The third kappa shape index (κ3) is 9.83. The zero-order chi connectivity index (χ0) is 15.6. The maximum atomic E-state index is 5.48. The second-order valence-corrected chi connectivity index (χ2v) is 11.3. The highest BCUT2D eigenvalue weighted by molar-refractivity contribution is 6.83. The summed E-state index contributed by atoms with van der Waals surface area (Å²) in [4.78, 5) is 0. The number of hydrogen-bond acceptors (Lipinski definition) is 1. The molecule has 0 aromatic heterocycles. The molecule has 0 aliphatic carbocycles. The van der Waals surface area contributed by atoms with Gasteiger partial charge in [-0.1, -0.05) is 48.1 Å². The summed E-state index contributed by atoms with van der Waals surface area (Å²) in [6.07, 6.45) is 12.4. The number of ether oxygens (including phenoxy) is 1. The first-order valence-corrected chi connectivity index (χ1v) is 10.6. The van der Waals surface area contributed by atoms with E-state index in [1.165, 1.54) is 11.1 Å². The molecule has 0 aromatic carbocycles. The second kappa shape index (κ2) is 9.80. The SMILES string of the molecule is C#CC/C=C(\C)CC/C=C(\C)CO[C]C(=C)[Si](C)(C)C. The molecule has 0 spiro atoms. The Morgan fingerprint density at radius 1 is 1.20 bits per heavy atom. The van der Waals surface area contributed by atoms with E-state index in [1.54, 1.807) is 0 Å². The van der Waals surface area contributed by atoms with Crippen molar-refractivity contribution in [3.63, 3.8) is 0 Å². The zero-order valence-electron chi connectivity index (χ0n) is 13.7. The minimum atomic E-state index is -1.36. The van der Waals surface area contributed by atoms with Crippen molar-refractivity contribution in [2.75, 3.05) is 6.61 Å². The summed E-state index contributed by atoms with van der Waals surface area (Å²) in [5.74, 6) is 2.62. The third-order valence-electron chi connectivity index (χ3n) is 3.00. The molecule has 0 bridgehead atoms. The summed E-state index contributed by atoms with van der Waals surface area (Å²) < 4.78 is 5.48. The van der Waals surface area contributed by atoms with Gasteiger partial charge in [-0.25, -0.2) is 0 Å². The van der Waals surface area contributed by atoms with Crippen LogP contribution in [-0.4, -0.2) is 14.7 Å². The number of rotatable bonds is 9. The van der Waals surface area contributed by atoms with Gasteiger partial charge in [0.15, 0.2) is 6.61 Å². The van der Waals surface area contributed by atoms with Gasteiger partial charge < -0.3 is 4.74 Å². The fourth-order valence-corrected chi connectivity index (χ4v) is 1.71. The van der Waals surface area contributed by atoms with Gasteiger partial charge >= 0.3 is 0 Å². The van der Waals surface area contributed by atoms with E-state index in [9.17, 15) is 0 Å². The van der Waals surface area contributed by atoms with E-state index in [4.69, 9.17) is 11.2 Å². The smallest absolute Gasteiger partial charge is 0.157 e. The summed E-state index contributed by atoms with van der Waals surface area (Å²) >= 11 is 0. The lowest BCUT2D eigenvalue weighted by Gasteiger charge is -2.18. The van der Waals surface area contributed by atoms with Gasteiger partial charge in [-0.05, 0) is 26.7 Å². The first-order chi connectivity index (χ1) is 9.27. The van der Waals surface area contributed by atoms with Crippen LogP contribution in [0.15, 0.2) is 35.1 Å². The van der Waals surface area contributed by atoms with Crippen molar-refractivity contribution in [2.24, 2.45) is 0 Å². The predicted octanol–water partition coefficient (Wildman–Crippen LogP) is 5.17. The molecule has 0 saturated heterocycles. The van der Waals surface area contributed by atoms with Crippen LogP contribution in [0.1, 0.15) is 33.1 Å². The number of hydrogen-bond donors (Lipinski definition) is 0. The van der Waals surface area contributed by atoms with Crippen LogP contribution in [0.25, 0.3) is 0 Å². The molecular weight excluding hydrogens is 260 g/mol. The van der Waals surface area contributed by atoms with E-state index in [0.717, 1.165) is 24.5 Å². The Balaban J connectivity index is 3.93. The monoisotopic (exact) mass is 288 g/mol. The van der Waals surface area contributed by atoms with Gasteiger partial charge in [-0.15, -0.1) is 18.9 Å². The van der Waals surface area contributed by atoms with Crippen molar-refractivity contribution in [3.05, 3.63) is 41.7 Å². The van der Waals surface area contributed by atoms with Crippen molar-refractivity contribution in [1.29, 1.82) is 0 Å². The van der Waals surface area contributed by atoms with Gasteiger partial charge in [0, 0.05) is 6.42 Å². The largest absolute Gasteiger partial charge is 0.360 e. The number of terminal acetylenes is 1. The molecule has 0 aliphatic heterocycles. The molecule has 0 aromatic rings. The van der Waals surface area contributed by atoms with Crippen LogP contribution in [0.4, 0.5) is 0 Å². The van der Waals surface area contributed by atoms with Crippen molar-refractivity contribution in [2.45, 2.75) is 52.8 Å². The molecule has 0 atom stereocenters. The standard InChI is InChI=1S/C18H28OSi/c1-8-9-11-16(2)12-10-13-17(3)14-19-15-18(4)20(5,6)7/h1,11,13H,4,9-10,12,14H2,2-3,5-7H3/b16-11+,17-13+. The van der Waals surface area contributed by atoms with E-state index in [2.05, 4.69) is 64.7 Å². The molecule has 110 valence electrons. The molecule has 2 heteroatoms. The van der Waals surface area contributed by atoms with E-state index < -0.39 is 8.07 Å². The molecule has 20 heavy (non-hydrogen) atoms. The molecule has 0 rings (SSSR count). The maximum Gasteiger partial charge on any atom is 0.157 e. The second-order valence-electron chi connectivity index (χ2n) is 6.17. The van der Waals surface area contributed by atoms with Crippen molar-refractivity contribution in [3.8, 4) is 12.3 Å². The molecule has 0 saturated carbocycles. The summed E-state index contributed by atoms with van der Waals surface area (Å²) in [6.45, 7) is 18.5. The van der Waals surface area contributed by atoms with Crippen molar-refractivity contribution >= 4 is 8.07 Å². The fourth-order valence-electron chi connectivity index (χ4n) is 1.33. The minimum Gasteiger partial charge on any atom is -0.360 e. The first kappa shape index (κ1) is 19.0. The Hall–Kier alpha value is -1.04. The molecule has 0 N–H and O–H groups in total. The quantitative estimate of drug-likeness (QED) is 0.323. The van der Waals surface area contributed by atoms with Crippen molar-refractivity contribution < 1.29 is 4.74 Å². The van der Waals surface area contributed by atoms with Crippen LogP contribution < -0.4 is 0 Å². The molecule has 1 nitrogen and oxygen atoms in total. The van der Waals surface area contributed by atoms with Gasteiger partial charge in [0.25, 0.3) is 0 Å². The molecule has 0 fully saturated rings. The van der Waals surface area contributed by atoms with E-state index in [-0.39, 0.29) is 0 Å². The minimum absolute atomic E-state index is 0.594. The third-order valence-corrected chi connectivity index (χ3v) is 4.91. The van der Waals surface area contributed by atoms with Crippen LogP contribution in [0.3, 0.4) is 0 Å². The Morgan fingerprint density at radius 2 is 1.85 bits per heavy atom. The molecule has 0 amide bonds. The van der Waals surface area contributed by atoms with Gasteiger partial charge in [-0.3, -0.25) is 0 Å². The van der Waals surface area contributed by atoms with Crippen molar-refractivity contribution in [1.82, 2.24) is 0 Å². The van der Waals surface area contributed by atoms with Crippen LogP contribution >= 0.6 is 0 Å². The molecule has 0 aliphatic rings. The Morgan fingerprint density at radius 3 is 2.40 bits per heavy atom. The lowest BCUT2D eigenvalue weighted by Crippen LogP contribution is -2.24. The van der Waals surface area contributed by atoms with E-state index in [0.29, 0.717) is 6.61 Å². The van der Waals surface area contributed by atoms with Gasteiger partial charge in [-0.2, -0.15) is 0 Å². The van der Waals surface area contributed by atoms with Gasteiger partial charge in [0.1, 0.15) is 0 Å². The highest BCUT2D eigenvalue weighted by Gasteiger charge is 2.18. The summed E-state index contributed by atoms with van der Waals surface area (Å²) in [6, 6.07) is 0. The molecule has 0 heterocycles. The van der Waals surface area contributed by atoms with Crippen LogP contribution in [0.5, 0.6) is 0 Å². The summed E-state index contributed by atoms with van der Waals surface area (Å²) in [5, 5.41) is 1.03. The summed E-state index contributed by atoms with van der Waals surface area (Å²) in [7, 11) is -1.36. The lowest BCUT2D eigenvalue weighted by atomic mass is 10.1. The first-order valence-electron chi connectivity index (χ1n) is 7.09. The zero-order valence-corrected chi connectivity index (χ0v) is 14.7. The topological polar surface area (TPSA) is 9.23 Å². The average molecular weight is 289 g/mol. The molecule has 0 unspecified atom stereocenters. The Kier molecular flexibility index (Phi) is 9.29. The van der Waals surface area contributed by atoms with Crippen LogP contribution in [0, 0.1) is 19.0 Å². The average Bonchev–Trinajstić information content (AvgIpc) is 2.35. The van der Waals surface area contributed by atoms with Gasteiger partial charge in [0.2, 0.25) is 0 Å². The van der Waals surface area contributed by atoms with E-state index in [1.807, 2.05) is 0 Å². The van der Waals surface area contributed by atoms with Crippen LogP contribution in [-0.2, 0) is 4.74 Å². The fraction of sp³-hybridized carbons (Fsp3) is 0.500. The van der Waals surface area contributed by atoms with E-state index >= 15 is 0 Å². The Labute approximate surface area is 126 Å². The lowest BCUT2D eigenvalue weighted by molar-refractivity contribution is 0.241.